The van der Waals surface area contributed by atoms with Crippen molar-refractivity contribution in [1.82, 2.24) is 9.80 Å². The van der Waals surface area contributed by atoms with Crippen LogP contribution in [0.25, 0.3) is 0 Å². The number of carbonyl (C=O) groups is 2. The second-order valence-electron chi connectivity index (χ2n) is 8.55. The number of piperazine rings is 1. The summed E-state index contributed by atoms with van der Waals surface area (Å²) in [5.41, 5.74) is 1.38. The zero-order valence-electron chi connectivity index (χ0n) is 18.4. The lowest BCUT2D eigenvalue weighted by molar-refractivity contribution is -0.123. The van der Waals surface area contributed by atoms with E-state index in [4.69, 9.17) is 16.3 Å². The molecule has 2 aromatic carbocycles. The van der Waals surface area contributed by atoms with E-state index in [0.29, 0.717) is 42.7 Å². The highest BCUT2D eigenvalue weighted by atomic mass is 35.5. The van der Waals surface area contributed by atoms with Crippen molar-refractivity contribution in [2.45, 2.75) is 31.7 Å². The van der Waals surface area contributed by atoms with Crippen LogP contribution in [0.15, 0.2) is 48.5 Å². The first-order chi connectivity index (χ1) is 15.5. The van der Waals surface area contributed by atoms with Gasteiger partial charge in [0.25, 0.3) is 5.91 Å². The largest absolute Gasteiger partial charge is 0.497 e. The van der Waals surface area contributed by atoms with E-state index in [0.717, 1.165) is 24.3 Å². The standard InChI is InChI=1S/C25H30ClN3O3/c1-32-22-11-9-21(10-12-22)27-24(30)23(18-5-2-3-6-18)28-13-15-29(16-14-28)25(31)19-7-4-8-20(26)17-19/h4,7-12,17-18,23H,2-3,5-6,13-16H2,1H3,(H,27,30)/t23-/m1/s1. The Hall–Kier alpha value is -2.57. The molecule has 1 N–H and O–H groups in total. The Bertz CT molecular complexity index is 936. The van der Waals surface area contributed by atoms with E-state index in [9.17, 15) is 9.59 Å². The minimum atomic E-state index is -0.178. The zero-order valence-corrected chi connectivity index (χ0v) is 19.2. The molecule has 2 amide bonds. The molecule has 1 saturated carbocycles. The average Bonchev–Trinajstić information content (AvgIpc) is 3.34. The van der Waals surface area contributed by atoms with E-state index < -0.39 is 0 Å². The molecular weight excluding hydrogens is 426 g/mol. The highest BCUT2D eigenvalue weighted by molar-refractivity contribution is 6.30. The summed E-state index contributed by atoms with van der Waals surface area (Å²) in [6, 6.07) is 14.3. The fourth-order valence-corrected chi connectivity index (χ4v) is 5.04. The number of hydrogen-bond donors (Lipinski definition) is 1. The number of nitrogens with zero attached hydrogens (tertiary/aromatic N) is 2. The molecule has 32 heavy (non-hydrogen) atoms. The van der Waals surface area contributed by atoms with Gasteiger partial charge >= 0.3 is 0 Å². The third-order valence-corrected chi connectivity index (χ3v) is 6.77. The Balaban J connectivity index is 1.42. The number of rotatable bonds is 6. The van der Waals surface area contributed by atoms with Crippen LogP contribution in [0, 0.1) is 5.92 Å². The van der Waals surface area contributed by atoms with Crippen molar-refractivity contribution >= 4 is 29.1 Å². The van der Waals surface area contributed by atoms with Crippen LogP contribution in [-0.2, 0) is 4.79 Å². The molecule has 6 nitrogen and oxygen atoms in total. The molecule has 0 spiro atoms. The molecule has 4 rings (SSSR count). The fraction of sp³-hybridized carbons (Fsp3) is 0.440. The number of anilines is 1. The van der Waals surface area contributed by atoms with E-state index in [1.165, 1.54) is 12.8 Å². The summed E-state index contributed by atoms with van der Waals surface area (Å²) < 4.78 is 5.21. The van der Waals surface area contributed by atoms with Crippen LogP contribution in [0.2, 0.25) is 5.02 Å². The summed E-state index contributed by atoms with van der Waals surface area (Å²) in [4.78, 5) is 30.3. The molecule has 1 saturated heterocycles. The molecule has 1 atom stereocenters. The highest BCUT2D eigenvalue weighted by Crippen LogP contribution is 2.32. The molecule has 0 unspecified atom stereocenters. The molecule has 2 fully saturated rings. The minimum Gasteiger partial charge on any atom is -0.497 e. The number of benzene rings is 2. The lowest BCUT2D eigenvalue weighted by Crippen LogP contribution is -2.56. The van der Waals surface area contributed by atoms with Crippen molar-refractivity contribution in [3.63, 3.8) is 0 Å². The normalized spacial score (nSPS) is 18.4. The Morgan fingerprint density at radius 2 is 1.72 bits per heavy atom. The number of amides is 2. The van der Waals surface area contributed by atoms with Gasteiger partial charge in [0.1, 0.15) is 5.75 Å². The molecule has 0 bridgehead atoms. The summed E-state index contributed by atoms with van der Waals surface area (Å²) in [6.45, 7) is 2.57. The van der Waals surface area contributed by atoms with Crippen molar-refractivity contribution in [2.75, 3.05) is 38.6 Å². The molecule has 2 aromatic rings. The predicted molar refractivity (Wildman–Crippen MR) is 126 cm³/mol. The third kappa shape index (κ3) is 5.25. The Morgan fingerprint density at radius 1 is 1.03 bits per heavy atom. The second kappa shape index (κ2) is 10.4. The van der Waals surface area contributed by atoms with Crippen LogP contribution in [-0.4, -0.2) is 60.9 Å². The predicted octanol–water partition coefficient (Wildman–Crippen LogP) is 4.30. The van der Waals surface area contributed by atoms with E-state index in [2.05, 4.69) is 10.2 Å². The van der Waals surface area contributed by atoms with Gasteiger partial charge in [-0.3, -0.25) is 14.5 Å². The van der Waals surface area contributed by atoms with Crippen LogP contribution in [0.4, 0.5) is 5.69 Å². The lowest BCUT2D eigenvalue weighted by atomic mass is 9.94. The third-order valence-electron chi connectivity index (χ3n) is 6.54. The first-order valence-corrected chi connectivity index (χ1v) is 11.7. The number of ether oxygens (including phenoxy) is 1. The molecule has 0 aromatic heterocycles. The average molecular weight is 456 g/mol. The van der Waals surface area contributed by atoms with Crippen LogP contribution in [0.5, 0.6) is 5.75 Å². The van der Waals surface area contributed by atoms with Crippen molar-refractivity contribution < 1.29 is 14.3 Å². The van der Waals surface area contributed by atoms with Crippen molar-refractivity contribution in [3.05, 3.63) is 59.1 Å². The van der Waals surface area contributed by atoms with Crippen LogP contribution in [0.1, 0.15) is 36.0 Å². The van der Waals surface area contributed by atoms with Gasteiger partial charge in [0.2, 0.25) is 5.91 Å². The minimum absolute atomic E-state index is 0.00718. The van der Waals surface area contributed by atoms with Crippen LogP contribution < -0.4 is 10.1 Å². The maximum atomic E-state index is 13.3. The molecule has 0 radical (unpaired) electrons. The smallest absolute Gasteiger partial charge is 0.253 e. The summed E-state index contributed by atoms with van der Waals surface area (Å²) in [5, 5.41) is 3.66. The lowest BCUT2D eigenvalue weighted by Gasteiger charge is -2.40. The van der Waals surface area contributed by atoms with Gasteiger partial charge in [-0.2, -0.15) is 0 Å². The van der Waals surface area contributed by atoms with Gasteiger partial charge in [-0.1, -0.05) is 30.5 Å². The van der Waals surface area contributed by atoms with E-state index >= 15 is 0 Å². The molecule has 1 aliphatic heterocycles. The van der Waals surface area contributed by atoms with Crippen molar-refractivity contribution in [3.8, 4) is 5.75 Å². The van der Waals surface area contributed by atoms with Gasteiger partial charge < -0.3 is 15.0 Å². The van der Waals surface area contributed by atoms with Gasteiger partial charge in [-0.05, 0) is 61.2 Å². The van der Waals surface area contributed by atoms with Crippen molar-refractivity contribution in [1.29, 1.82) is 0 Å². The molecule has 7 heteroatoms. The maximum absolute atomic E-state index is 13.3. The fourth-order valence-electron chi connectivity index (χ4n) is 4.85. The summed E-state index contributed by atoms with van der Waals surface area (Å²) >= 11 is 6.05. The van der Waals surface area contributed by atoms with Gasteiger partial charge in [-0.25, -0.2) is 0 Å². The number of hydrogen-bond acceptors (Lipinski definition) is 4. The molecule has 170 valence electrons. The van der Waals surface area contributed by atoms with Gasteiger partial charge in [-0.15, -0.1) is 0 Å². The number of halogens is 1. The highest BCUT2D eigenvalue weighted by Gasteiger charge is 2.37. The number of nitrogens with one attached hydrogen (secondary N) is 1. The first kappa shape index (κ1) is 22.6. The van der Waals surface area contributed by atoms with Crippen molar-refractivity contribution in [2.24, 2.45) is 5.92 Å². The SMILES string of the molecule is COc1ccc(NC(=O)[C@@H](C2CCCC2)N2CCN(C(=O)c3cccc(Cl)c3)CC2)cc1. The van der Waals surface area contributed by atoms with E-state index in [-0.39, 0.29) is 17.9 Å². The quantitative estimate of drug-likeness (QED) is 0.705. The zero-order chi connectivity index (χ0) is 22.5. The van der Waals surface area contributed by atoms with E-state index in [1.807, 2.05) is 29.2 Å². The van der Waals surface area contributed by atoms with Gasteiger partial charge in [0.05, 0.1) is 13.2 Å². The molecule has 2 aliphatic rings. The topological polar surface area (TPSA) is 61.9 Å². The Kier molecular flexibility index (Phi) is 7.33. The number of methoxy groups -OCH3 is 1. The van der Waals surface area contributed by atoms with E-state index in [1.54, 1.807) is 31.4 Å². The summed E-state index contributed by atoms with van der Waals surface area (Å²) in [6.07, 6.45) is 4.49. The maximum Gasteiger partial charge on any atom is 0.253 e. The Labute approximate surface area is 194 Å². The monoisotopic (exact) mass is 455 g/mol. The molecule has 1 heterocycles. The summed E-state index contributed by atoms with van der Waals surface area (Å²) in [7, 11) is 1.63. The molecular formula is C25H30ClN3O3. The Morgan fingerprint density at radius 3 is 2.34 bits per heavy atom. The second-order valence-corrected chi connectivity index (χ2v) is 8.98. The number of carbonyl (C=O) groups excluding carboxylic acids is 2. The first-order valence-electron chi connectivity index (χ1n) is 11.3. The van der Waals surface area contributed by atoms with Crippen LogP contribution in [0.3, 0.4) is 0 Å². The van der Waals surface area contributed by atoms with Gasteiger partial charge in [0, 0.05) is 42.5 Å². The molecule has 1 aliphatic carbocycles. The summed E-state index contributed by atoms with van der Waals surface area (Å²) in [5.74, 6) is 1.14. The van der Waals surface area contributed by atoms with Crippen LogP contribution >= 0.6 is 11.6 Å². The van der Waals surface area contributed by atoms with Gasteiger partial charge in [0.15, 0.2) is 0 Å².